The molecule has 13 heavy (non-hydrogen) atoms. The standard InChI is InChI=1S/C9H8N2OS/c1-6(11-12)7-4-9-8(10-5-7)2-3-13-9/h2-5,12H,1H3/b11-6-. The molecule has 0 saturated heterocycles. The third kappa shape index (κ3) is 1.40. The first-order valence-electron chi connectivity index (χ1n) is 3.83. The highest BCUT2D eigenvalue weighted by Crippen LogP contribution is 2.19. The van der Waals surface area contributed by atoms with Gasteiger partial charge < -0.3 is 5.21 Å². The summed E-state index contributed by atoms with van der Waals surface area (Å²) in [5.74, 6) is 0. The zero-order chi connectivity index (χ0) is 9.26. The minimum absolute atomic E-state index is 0.586. The molecule has 0 saturated carbocycles. The van der Waals surface area contributed by atoms with E-state index < -0.39 is 0 Å². The quantitative estimate of drug-likeness (QED) is 0.428. The third-order valence-electron chi connectivity index (χ3n) is 1.87. The van der Waals surface area contributed by atoms with Crippen LogP contribution in [-0.2, 0) is 0 Å². The Kier molecular flexibility index (Phi) is 1.98. The van der Waals surface area contributed by atoms with Gasteiger partial charge in [-0.05, 0) is 24.4 Å². The maximum Gasteiger partial charge on any atom is 0.0852 e. The normalized spacial score (nSPS) is 12.2. The second kappa shape index (κ2) is 3.14. The fourth-order valence-electron chi connectivity index (χ4n) is 1.10. The fourth-order valence-corrected chi connectivity index (χ4v) is 1.88. The first-order chi connectivity index (χ1) is 6.31. The molecule has 0 aliphatic rings. The molecule has 2 rings (SSSR count). The summed E-state index contributed by atoms with van der Waals surface area (Å²) in [6.07, 6.45) is 1.71. The van der Waals surface area contributed by atoms with Crippen LogP contribution in [0.3, 0.4) is 0 Å². The third-order valence-corrected chi connectivity index (χ3v) is 2.72. The second-order valence-electron chi connectivity index (χ2n) is 2.71. The highest BCUT2D eigenvalue weighted by Gasteiger charge is 2.01. The minimum Gasteiger partial charge on any atom is -0.411 e. The summed E-state index contributed by atoms with van der Waals surface area (Å²) in [7, 11) is 0. The number of hydrogen-bond acceptors (Lipinski definition) is 4. The maximum atomic E-state index is 8.57. The van der Waals surface area contributed by atoms with Crippen LogP contribution in [0.2, 0.25) is 0 Å². The average Bonchev–Trinajstić information content (AvgIpc) is 2.63. The second-order valence-corrected chi connectivity index (χ2v) is 3.66. The number of pyridine rings is 1. The Morgan fingerprint density at radius 1 is 1.62 bits per heavy atom. The summed E-state index contributed by atoms with van der Waals surface area (Å²) in [5, 5.41) is 13.7. The number of fused-ring (bicyclic) bond motifs is 1. The van der Waals surface area contributed by atoms with E-state index in [0.717, 1.165) is 15.8 Å². The Bertz CT molecular complexity index is 461. The van der Waals surface area contributed by atoms with E-state index in [0.29, 0.717) is 5.71 Å². The molecular weight excluding hydrogens is 184 g/mol. The Hall–Kier alpha value is -1.42. The molecule has 2 aromatic heterocycles. The number of thiophene rings is 1. The predicted octanol–water partition coefficient (Wildman–Crippen LogP) is 2.49. The molecule has 0 aliphatic carbocycles. The van der Waals surface area contributed by atoms with Gasteiger partial charge >= 0.3 is 0 Å². The molecule has 66 valence electrons. The van der Waals surface area contributed by atoms with Crippen molar-refractivity contribution < 1.29 is 5.21 Å². The fraction of sp³-hybridized carbons (Fsp3) is 0.111. The summed E-state index contributed by atoms with van der Waals surface area (Å²) in [4.78, 5) is 4.23. The van der Waals surface area contributed by atoms with Crippen LogP contribution in [-0.4, -0.2) is 15.9 Å². The largest absolute Gasteiger partial charge is 0.411 e. The van der Waals surface area contributed by atoms with Gasteiger partial charge in [0.25, 0.3) is 0 Å². The van der Waals surface area contributed by atoms with Gasteiger partial charge in [-0.1, -0.05) is 5.16 Å². The molecule has 4 heteroatoms. The summed E-state index contributed by atoms with van der Waals surface area (Å²) in [6.45, 7) is 1.75. The number of nitrogens with zero attached hydrogens (tertiary/aromatic N) is 2. The lowest BCUT2D eigenvalue weighted by atomic mass is 10.2. The van der Waals surface area contributed by atoms with Gasteiger partial charge in [-0.2, -0.15) is 0 Å². The lowest BCUT2D eigenvalue weighted by Crippen LogP contribution is -1.94. The lowest BCUT2D eigenvalue weighted by molar-refractivity contribution is 0.319. The van der Waals surface area contributed by atoms with Gasteiger partial charge in [0.05, 0.1) is 15.9 Å². The molecular formula is C9H8N2OS. The molecule has 0 bridgehead atoms. The average molecular weight is 192 g/mol. The van der Waals surface area contributed by atoms with Crippen LogP contribution >= 0.6 is 11.3 Å². The van der Waals surface area contributed by atoms with E-state index in [9.17, 15) is 0 Å². The van der Waals surface area contributed by atoms with Gasteiger partial charge in [0, 0.05) is 11.8 Å². The van der Waals surface area contributed by atoms with Gasteiger partial charge in [0.1, 0.15) is 0 Å². The molecule has 0 aliphatic heterocycles. The SMILES string of the molecule is C/C(=N/O)c1cnc2ccsc2c1. The van der Waals surface area contributed by atoms with Crippen LogP contribution in [0, 0.1) is 0 Å². The molecule has 0 amide bonds. The number of rotatable bonds is 1. The maximum absolute atomic E-state index is 8.57. The molecule has 0 spiro atoms. The molecule has 2 aromatic rings. The summed E-state index contributed by atoms with van der Waals surface area (Å²) in [5.41, 5.74) is 2.43. The van der Waals surface area contributed by atoms with Gasteiger partial charge in [0.15, 0.2) is 0 Å². The van der Waals surface area contributed by atoms with Crippen LogP contribution in [0.25, 0.3) is 10.2 Å². The van der Waals surface area contributed by atoms with Crippen molar-refractivity contribution in [1.82, 2.24) is 4.98 Å². The van der Waals surface area contributed by atoms with Crippen LogP contribution in [0.1, 0.15) is 12.5 Å². The first-order valence-corrected chi connectivity index (χ1v) is 4.71. The zero-order valence-corrected chi connectivity index (χ0v) is 7.88. The van der Waals surface area contributed by atoms with Crippen molar-refractivity contribution in [2.24, 2.45) is 5.16 Å². The predicted molar refractivity (Wildman–Crippen MR) is 53.6 cm³/mol. The van der Waals surface area contributed by atoms with Crippen molar-refractivity contribution >= 4 is 27.3 Å². The van der Waals surface area contributed by atoms with Gasteiger partial charge in [-0.3, -0.25) is 4.98 Å². The smallest absolute Gasteiger partial charge is 0.0852 e. The van der Waals surface area contributed by atoms with E-state index in [1.165, 1.54) is 0 Å². The Balaban J connectivity index is 2.60. The number of aromatic nitrogens is 1. The van der Waals surface area contributed by atoms with Crippen LogP contribution in [0.5, 0.6) is 0 Å². The Morgan fingerprint density at radius 2 is 2.46 bits per heavy atom. The molecule has 0 aromatic carbocycles. The van der Waals surface area contributed by atoms with Crippen molar-refractivity contribution in [3.8, 4) is 0 Å². The van der Waals surface area contributed by atoms with E-state index in [-0.39, 0.29) is 0 Å². The Morgan fingerprint density at radius 3 is 3.23 bits per heavy atom. The van der Waals surface area contributed by atoms with E-state index in [1.54, 1.807) is 24.5 Å². The molecule has 0 fully saturated rings. The summed E-state index contributed by atoms with van der Waals surface area (Å²) < 4.78 is 1.11. The van der Waals surface area contributed by atoms with Crippen LogP contribution < -0.4 is 0 Å². The number of hydrogen-bond donors (Lipinski definition) is 1. The van der Waals surface area contributed by atoms with E-state index >= 15 is 0 Å². The van der Waals surface area contributed by atoms with Crippen molar-refractivity contribution in [3.05, 3.63) is 29.3 Å². The Labute approximate surface area is 79.3 Å². The zero-order valence-electron chi connectivity index (χ0n) is 7.06. The van der Waals surface area contributed by atoms with Crippen molar-refractivity contribution in [2.45, 2.75) is 6.92 Å². The minimum atomic E-state index is 0.586. The van der Waals surface area contributed by atoms with E-state index in [1.807, 2.05) is 17.5 Å². The number of oxime groups is 1. The van der Waals surface area contributed by atoms with Crippen LogP contribution in [0.15, 0.2) is 28.9 Å². The lowest BCUT2D eigenvalue weighted by Gasteiger charge is -1.96. The molecule has 0 radical (unpaired) electrons. The van der Waals surface area contributed by atoms with Gasteiger partial charge in [-0.25, -0.2) is 0 Å². The highest BCUT2D eigenvalue weighted by atomic mass is 32.1. The van der Waals surface area contributed by atoms with Crippen molar-refractivity contribution in [2.75, 3.05) is 0 Å². The monoisotopic (exact) mass is 192 g/mol. The topological polar surface area (TPSA) is 45.5 Å². The molecule has 0 atom stereocenters. The van der Waals surface area contributed by atoms with Gasteiger partial charge in [0.2, 0.25) is 0 Å². The highest BCUT2D eigenvalue weighted by molar-refractivity contribution is 7.17. The van der Waals surface area contributed by atoms with E-state index in [2.05, 4.69) is 10.1 Å². The van der Waals surface area contributed by atoms with Crippen LogP contribution in [0.4, 0.5) is 0 Å². The molecule has 2 heterocycles. The molecule has 1 N–H and O–H groups in total. The molecule has 3 nitrogen and oxygen atoms in total. The first kappa shape index (κ1) is 8.19. The summed E-state index contributed by atoms with van der Waals surface area (Å²) in [6, 6.07) is 3.94. The molecule has 0 unspecified atom stereocenters. The summed E-state index contributed by atoms with van der Waals surface area (Å²) >= 11 is 1.63. The van der Waals surface area contributed by atoms with E-state index in [4.69, 9.17) is 5.21 Å². The van der Waals surface area contributed by atoms with Gasteiger partial charge in [-0.15, -0.1) is 11.3 Å². The van der Waals surface area contributed by atoms with Crippen molar-refractivity contribution in [1.29, 1.82) is 0 Å². The van der Waals surface area contributed by atoms with Crippen molar-refractivity contribution in [3.63, 3.8) is 0 Å².